The van der Waals surface area contributed by atoms with Crippen molar-refractivity contribution in [1.29, 1.82) is 0 Å². The van der Waals surface area contributed by atoms with Gasteiger partial charge in [0, 0.05) is 18.8 Å². The average molecular weight is 305 g/mol. The topological polar surface area (TPSA) is 72.9 Å². The Morgan fingerprint density at radius 3 is 2.50 bits per heavy atom. The Morgan fingerprint density at radius 2 is 1.95 bits per heavy atom. The molecule has 2 N–H and O–H groups in total. The lowest BCUT2D eigenvalue weighted by Gasteiger charge is -2.48. The number of benzene rings is 1. The third-order valence-corrected chi connectivity index (χ3v) is 4.41. The molecule has 1 saturated heterocycles. The molecule has 1 atom stereocenters. The molecule has 0 aromatic heterocycles. The van der Waals surface area contributed by atoms with Gasteiger partial charge < -0.3 is 10.0 Å². The van der Waals surface area contributed by atoms with Crippen molar-refractivity contribution in [3.8, 4) is 0 Å². The van der Waals surface area contributed by atoms with E-state index in [1.165, 1.54) is 11.8 Å². The number of carbonyl (C=O) groups excluding carboxylic acids is 1. The van der Waals surface area contributed by atoms with Crippen LogP contribution in [0.3, 0.4) is 0 Å². The minimum Gasteiger partial charge on any atom is -0.465 e. The predicted octanol–water partition coefficient (Wildman–Crippen LogP) is 1.61. The van der Waals surface area contributed by atoms with Gasteiger partial charge in [-0.15, -0.1) is 0 Å². The zero-order chi connectivity index (χ0) is 16.5. The van der Waals surface area contributed by atoms with Crippen molar-refractivity contribution in [3.05, 3.63) is 29.3 Å². The van der Waals surface area contributed by atoms with E-state index >= 15 is 0 Å². The Labute approximate surface area is 130 Å². The number of amides is 1. The number of ketones is 1. The van der Waals surface area contributed by atoms with Crippen molar-refractivity contribution in [1.82, 2.24) is 10.2 Å². The molecule has 0 aliphatic carbocycles. The highest BCUT2D eigenvalue weighted by Gasteiger charge is 2.47. The smallest absolute Gasteiger partial charge is 0.409 e. The standard InChI is InChI=1S/C16H23N3O3/c1-11-5-6-12(2)14(9-11)18-7-8-19(15(21)22)16(10-18,17-4)13(3)20/h5-6,9,17H,7-8,10H2,1-4H3,(H,21,22). The number of nitrogens with zero attached hydrogens (tertiary/aromatic N) is 2. The molecule has 1 aliphatic rings. The Balaban J connectivity index is 2.41. The maximum atomic E-state index is 12.2. The van der Waals surface area contributed by atoms with Gasteiger partial charge in [-0.1, -0.05) is 12.1 Å². The van der Waals surface area contributed by atoms with Gasteiger partial charge in [-0.3, -0.25) is 15.0 Å². The zero-order valence-corrected chi connectivity index (χ0v) is 13.5. The number of Topliss-reactive ketones (excluding diaryl/α,β-unsaturated/α-hetero) is 1. The van der Waals surface area contributed by atoms with Crippen LogP contribution < -0.4 is 10.2 Å². The summed E-state index contributed by atoms with van der Waals surface area (Å²) in [4.78, 5) is 27.0. The maximum absolute atomic E-state index is 12.2. The van der Waals surface area contributed by atoms with Crippen molar-refractivity contribution in [2.75, 3.05) is 31.6 Å². The van der Waals surface area contributed by atoms with E-state index in [4.69, 9.17) is 0 Å². The van der Waals surface area contributed by atoms with Gasteiger partial charge in [0.05, 0.1) is 6.54 Å². The molecular weight excluding hydrogens is 282 g/mol. The molecule has 1 fully saturated rings. The van der Waals surface area contributed by atoms with Crippen LogP contribution in [0.25, 0.3) is 0 Å². The van der Waals surface area contributed by atoms with Gasteiger partial charge in [-0.2, -0.15) is 0 Å². The summed E-state index contributed by atoms with van der Waals surface area (Å²) in [5.41, 5.74) is 2.09. The SMILES string of the molecule is CNC1(C(C)=O)CN(c2cc(C)ccc2C)CCN1C(=O)O. The number of rotatable bonds is 3. The van der Waals surface area contributed by atoms with E-state index < -0.39 is 11.8 Å². The Hall–Kier alpha value is -2.08. The molecule has 2 rings (SSSR count). The second kappa shape index (κ2) is 5.96. The Morgan fingerprint density at radius 1 is 1.27 bits per heavy atom. The number of hydrogen-bond acceptors (Lipinski definition) is 4. The highest BCUT2D eigenvalue weighted by Crippen LogP contribution is 2.28. The first-order valence-electron chi connectivity index (χ1n) is 7.34. The van der Waals surface area contributed by atoms with Gasteiger partial charge in [0.25, 0.3) is 0 Å². The van der Waals surface area contributed by atoms with Crippen LogP contribution >= 0.6 is 0 Å². The fourth-order valence-electron chi connectivity index (χ4n) is 3.07. The number of piperazine rings is 1. The molecule has 0 saturated carbocycles. The van der Waals surface area contributed by atoms with E-state index in [0.717, 1.165) is 16.8 Å². The number of likely N-dealkylation sites (N-methyl/N-ethyl adjacent to an activating group) is 1. The largest absolute Gasteiger partial charge is 0.465 e. The Bertz CT molecular complexity index is 602. The van der Waals surface area contributed by atoms with E-state index in [2.05, 4.69) is 16.3 Å². The van der Waals surface area contributed by atoms with Gasteiger partial charge >= 0.3 is 6.09 Å². The fourth-order valence-corrected chi connectivity index (χ4v) is 3.07. The summed E-state index contributed by atoms with van der Waals surface area (Å²) < 4.78 is 0. The van der Waals surface area contributed by atoms with Crippen molar-refractivity contribution in [2.45, 2.75) is 26.4 Å². The predicted molar refractivity (Wildman–Crippen MR) is 85.3 cm³/mol. The van der Waals surface area contributed by atoms with Crippen LogP contribution in [-0.4, -0.2) is 54.2 Å². The summed E-state index contributed by atoms with van der Waals surface area (Å²) >= 11 is 0. The monoisotopic (exact) mass is 305 g/mol. The van der Waals surface area contributed by atoms with Gasteiger partial charge in [-0.05, 0) is 45.0 Å². The summed E-state index contributed by atoms with van der Waals surface area (Å²) in [5.74, 6) is -0.201. The van der Waals surface area contributed by atoms with Gasteiger partial charge in [-0.25, -0.2) is 4.79 Å². The maximum Gasteiger partial charge on any atom is 0.409 e. The van der Waals surface area contributed by atoms with Crippen LogP contribution in [-0.2, 0) is 4.79 Å². The number of anilines is 1. The van der Waals surface area contributed by atoms with Crippen LogP contribution in [0.4, 0.5) is 10.5 Å². The van der Waals surface area contributed by atoms with Gasteiger partial charge in [0.2, 0.25) is 0 Å². The molecule has 1 aromatic carbocycles. The highest BCUT2D eigenvalue weighted by atomic mass is 16.4. The van der Waals surface area contributed by atoms with Crippen molar-refractivity contribution >= 4 is 17.6 Å². The third kappa shape index (κ3) is 2.66. The molecule has 6 nitrogen and oxygen atoms in total. The van der Waals surface area contributed by atoms with Crippen LogP contribution in [0.1, 0.15) is 18.1 Å². The molecule has 1 aromatic rings. The van der Waals surface area contributed by atoms with Crippen LogP contribution in [0, 0.1) is 13.8 Å². The van der Waals surface area contributed by atoms with Crippen molar-refractivity contribution < 1.29 is 14.7 Å². The molecule has 1 unspecified atom stereocenters. The molecule has 1 heterocycles. The molecule has 0 radical (unpaired) electrons. The summed E-state index contributed by atoms with van der Waals surface area (Å²) in [5, 5.41) is 12.4. The number of hydrogen-bond donors (Lipinski definition) is 2. The molecule has 120 valence electrons. The molecular formula is C16H23N3O3. The number of carbonyl (C=O) groups is 2. The third-order valence-electron chi connectivity index (χ3n) is 4.41. The molecule has 6 heteroatoms. The Kier molecular flexibility index (Phi) is 4.42. The zero-order valence-electron chi connectivity index (χ0n) is 13.5. The fraction of sp³-hybridized carbons (Fsp3) is 0.500. The van der Waals surface area contributed by atoms with E-state index in [1.807, 2.05) is 26.0 Å². The number of carboxylic acid groups (broad SMARTS) is 1. The molecule has 1 aliphatic heterocycles. The van der Waals surface area contributed by atoms with E-state index in [0.29, 0.717) is 13.1 Å². The normalized spacial score (nSPS) is 21.8. The van der Waals surface area contributed by atoms with Crippen LogP contribution in [0.15, 0.2) is 18.2 Å². The lowest BCUT2D eigenvalue weighted by Crippen LogP contribution is -2.73. The van der Waals surface area contributed by atoms with Crippen molar-refractivity contribution in [3.63, 3.8) is 0 Å². The second-order valence-corrected chi connectivity index (χ2v) is 5.81. The lowest BCUT2D eigenvalue weighted by atomic mass is 9.98. The molecule has 0 bridgehead atoms. The van der Waals surface area contributed by atoms with E-state index in [-0.39, 0.29) is 12.3 Å². The quantitative estimate of drug-likeness (QED) is 0.887. The number of aryl methyl sites for hydroxylation is 2. The van der Waals surface area contributed by atoms with Gasteiger partial charge in [0.15, 0.2) is 11.4 Å². The molecule has 0 spiro atoms. The summed E-state index contributed by atoms with van der Waals surface area (Å²) in [6, 6.07) is 6.16. The summed E-state index contributed by atoms with van der Waals surface area (Å²) in [6.45, 7) is 6.62. The van der Waals surface area contributed by atoms with E-state index in [9.17, 15) is 14.7 Å². The minimum absolute atomic E-state index is 0.201. The van der Waals surface area contributed by atoms with Crippen LogP contribution in [0.5, 0.6) is 0 Å². The average Bonchev–Trinajstić information content (AvgIpc) is 2.48. The lowest BCUT2D eigenvalue weighted by molar-refractivity contribution is -0.130. The first kappa shape index (κ1) is 16.3. The summed E-state index contributed by atoms with van der Waals surface area (Å²) in [6.07, 6.45) is -1.08. The first-order chi connectivity index (χ1) is 10.3. The van der Waals surface area contributed by atoms with Crippen LogP contribution in [0.2, 0.25) is 0 Å². The minimum atomic E-state index is -1.21. The first-order valence-corrected chi connectivity index (χ1v) is 7.34. The molecule has 22 heavy (non-hydrogen) atoms. The highest BCUT2D eigenvalue weighted by molar-refractivity contribution is 5.90. The van der Waals surface area contributed by atoms with E-state index in [1.54, 1.807) is 7.05 Å². The van der Waals surface area contributed by atoms with Crippen molar-refractivity contribution in [2.24, 2.45) is 0 Å². The second-order valence-electron chi connectivity index (χ2n) is 5.81. The van der Waals surface area contributed by atoms with Gasteiger partial charge in [0.1, 0.15) is 0 Å². The number of nitrogens with one attached hydrogen (secondary N) is 1. The summed E-state index contributed by atoms with van der Waals surface area (Å²) in [7, 11) is 1.63. The molecule has 1 amide bonds.